The molecule has 4 nitrogen and oxygen atoms in total. The molecular formula is C14H13NO3. The average Bonchev–Trinajstić information content (AvgIpc) is 2.91. The maximum absolute atomic E-state index is 11.7. The van der Waals surface area contributed by atoms with Gasteiger partial charge in [-0.25, -0.2) is 0 Å². The summed E-state index contributed by atoms with van der Waals surface area (Å²) in [5.74, 6) is 0.322. The van der Waals surface area contributed by atoms with Crippen LogP contribution in [-0.2, 0) is 16.0 Å². The lowest BCUT2D eigenvalue weighted by Crippen LogP contribution is -2.19. The number of rotatable bonds is 1. The summed E-state index contributed by atoms with van der Waals surface area (Å²) in [5, 5.41) is 2.34. The normalized spacial score (nSPS) is 22.1. The molecule has 0 aromatic heterocycles. The molecule has 0 spiro atoms. The molecule has 1 aromatic rings. The van der Waals surface area contributed by atoms with E-state index in [0.717, 1.165) is 29.7 Å². The predicted molar refractivity (Wildman–Crippen MR) is 66.0 cm³/mol. The van der Waals surface area contributed by atoms with Crippen molar-refractivity contribution < 1.29 is 14.3 Å². The number of fused-ring (bicyclic) bond motifs is 1. The van der Waals surface area contributed by atoms with Gasteiger partial charge in [-0.1, -0.05) is 6.07 Å². The summed E-state index contributed by atoms with van der Waals surface area (Å²) in [6.07, 6.45) is 1.93. The Hall–Kier alpha value is -2.10. The van der Waals surface area contributed by atoms with Crippen LogP contribution >= 0.6 is 0 Å². The lowest BCUT2D eigenvalue weighted by atomic mass is 10.0. The van der Waals surface area contributed by atoms with E-state index in [0.29, 0.717) is 5.57 Å². The molecule has 2 amide bonds. The van der Waals surface area contributed by atoms with Crippen LogP contribution in [0.25, 0.3) is 5.57 Å². The second-order valence-electron chi connectivity index (χ2n) is 4.53. The van der Waals surface area contributed by atoms with Crippen molar-refractivity contribution in [2.24, 2.45) is 0 Å². The molecule has 1 aromatic carbocycles. The molecule has 0 atom stereocenters. The summed E-state index contributed by atoms with van der Waals surface area (Å²) in [7, 11) is 1.62. The van der Waals surface area contributed by atoms with Gasteiger partial charge in [0.1, 0.15) is 5.75 Å². The molecule has 3 rings (SSSR count). The number of nitrogens with one attached hydrogen (secondary N) is 1. The third-order valence-electron chi connectivity index (χ3n) is 3.52. The van der Waals surface area contributed by atoms with E-state index in [4.69, 9.17) is 4.74 Å². The molecule has 4 heteroatoms. The fourth-order valence-corrected chi connectivity index (χ4v) is 2.62. The lowest BCUT2D eigenvalue weighted by molar-refractivity contribution is -0.124. The van der Waals surface area contributed by atoms with Gasteiger partial charge in [-0.05, 0) is 41.7 Å². The molecule has 2 aliphatic rings. The number of benzene rings is 1. The van der Waals surface area contributed by atoms with E-state index >= 15 is 0 Å². The number of hydrogen-bond donors (Lipinski definition) is 1. The van der Waals surface area contributed by atoms with Crippen molar-refractivity contribution in [2.75, 3.05) is 7.11 Å². The number of hydrogen-bond acceptors (Lipinski definition) is 3. The minimum atomic E-state index is -0.245. The fraction of sp³-hybridized carbons (Fsp3) is 0.286. The number of allylic oxidation sites excluding steroid dienone is 1. The van der Waals surface area contributed by atoms with E-state index in [2.05, 4.69) is 5.32 Å². The first-order valence-corrected chi connectivity index (χ1v) is 5.92. The van der Waals surface area contributed by atoms with Crippen LogP contribution in [0.15, 0.2) is 23.8 Å². The zero-order valence-corrected chi connectivity index (χ0v) is 10.1. The summed E-state index contributed by atoms with van der Waals surface area (Å²) in [4.78, 5) is 23.0. The molecule has 1 heterocycles. The topological polar surface area (TPSA) is 55.4 Å². The van der Waals surface area contributed by atoms with E-state index in [1.54, 1.807) is 7.11 Å². The Morgan fingerprint density at radius 1 is 1.17 bits per heavy atom. The number of ether oxygens (including phenoxy) is 1. The van der Waals surface area contributed by atoms with Crippen molar-refractivity contribution in [3.63, 3.8) is 0 Å². The van der Waals surface area contributed by atoms with Crippen molar-refractivity contribution >= 4 is 17.4 Å². The number of carbonyl (C=O) groups is 2. The van der Waals surface area contributed by atoms with Gasteiger partial charge in [-0.15, -0.1) is 0 Å². The lowest BCUT2D eigenvalue weighted by Gasteiger charge is -2.06. The Morgan fingerprint density at radius 2 is 2.00 bits per heavy atom. The Morgan fingerprint density at radius 3 is 2.67 bits per heavy atom. The Labute approximate surface area is 105 Å². The number of carbonyl (C=O) groups excluding carboxylic acids is 2. The van der Waals surface area contributed by atoms with Crippen LogP contribution in [0.2, 0.25) is 0 Å². The molecule has 1 aliphatic carbocycles. The molecule has 92 valence electrons. The Bertz CT molecular complexity index is 587. The highest BCUT2D eigenvalue weighted by Gasteiger charge is 2.30. The first-order valence-electron chi connectivity index (χ1n) is 5.92. The SMILES string of the molecule is COc1ccc2c(c1)C(=C1CC(=O)NC1=O)CC2. The molecular weight excluding hydrogens is 230 g/mol. The smallest absolute Gasteiger partial charge is 0.254 e. The minimum absolute atomic E-state index is 0.199. The van der Waals surface area contributed by atoms with Gasteiger partial charge in [0.2, 0.25) is 5.91 Å². The quantitative estimate of drug-likeness (QED) is 0.600. The van der Waals surface area contributed by atoms with Crippen molar-refractivity contribution in [3.8, 4) is 5.75 Å². The van der Waals surface area contributed by atoms with E-state index in [1.807, 2.05) is 18.2 Å². The second kappa shape index (κ2) is 3.98. The molecule has 0 saturated carbocycles. The van der Waals surface area contributed by atoms with Crippen LogP contribution in [0.4, 0.5) is 0 Å². The van der Waals surface area contributed by atoms with E-state index in [1.165, 1.54) is 5.56 Å². The maximum atomic E-state index is 11.7. The van der Waals surface area contributed by atoms with Crippen LogP contribution in [0.1, 0.15) is 24.0 Å². The van der Waals surface area contributed by atoms with Crippen LogP contribution < -0.4 is 10.1 Å². The van der Waals surface area contributed by atoms with Gasteiger partial charge >= 0.3 is 0 Å². The highest BCUT2D eigenvalue weighted by molar-refractivity contribution is 6.17. The summed E-state index contributed by atoms with van der Waals surface area (Å²) in [5.41, 5.74) is 3.87. The van der Waals surface area contributed by atoms with Gasteiger partial charge in [0, 0.05) is 5.57 Å². The summed E-state index contributed by atoms with van der Waals surface area (Å²) < 4.78 is 5.21. The van der Waals surface area contributed by atoms with Crippen LogP contribution in [0.5, 0.6) is 5.75 Å². The Kier molecular flexibility index (Phi) is 2.44. The van der Waals surface area contributed by atoms with Crippen LogP contribution in [0.3, 0.4) is 0 Å². The molecule has 1 fully saturated rings. The van der Waals surface area contributed by atoms with E-state index < -0.39 is 0 Å². The largest absolute Gasteiger partial charge is 0.497 e. The molecule has 1 N–H and O–H groups in total. The number of aryl methyl sites for hydroxylation is 1. The molecule has 0 unspecified atom stereocenters. The Balaban J connectivity index is 2.11. The number of amides is 2. The standard InChI is InChI=1S/C14H13NO3/c1-18-9-4-2-8-3-5-10(11(8)6-9)12-7-13(16)15-14(12)17/h2,4,6H,3,5,7H2,1H3,(H,15,16,17). The molecule has 0 bridgehead atoms. The van der Waals surface area contributed by atoms with Gasteiger partial charge < -0.3 is 4.74 Å². The third-order valence-corrected chi connectivity index (χ3v) is 3.52. The van der Waals surface area contributed by atoms with Crippen LogP contribution in [0, 0.1) is 0 Å². The monoisotopic (exact) mass is 243 g/mol. The van der Waals surface area contributed by atoms with Gasteiger partial charge in [0.15, 0.2) is 0 Å². The fourth-order valence-electron chi connectivity index (χ4n) is 2.62. The van der Waals surface area contributed by atoms with Crippen molar-refractivity contribution in [1.82, 2.24) is 5.32 Å². The van der Waals surface area contributed by atoms with Crippen molar-refractivity contribution in [3.05, 3.63) is 34.9 Å². The second-order valence-corrected chi connectivity index (χ2v) is 4.53. The number of methoxy groups -OCH3 is 1. The first-order chi connectivity index (χ1) is 8.69. The third kappa shape index (κ3) is 1.61. The average molecular weight is 243 g/mol. The molecule has 1 aliphatic heterocycles. The molecule has 18 heavy (non-hydrogen) atoms. The van der Waals surface area contributed by atoms with E-state index in [9.17, 15) is 9.59 Å². The molecule has 1 saturated heterocycles. The number of imide groups is 1. The van der Waals surface area contributed by atoms with E-state index in [-0.39, 0.29) is 18.2 Å². The summed E-state index contributed by atoms with van der Waals surface area (Å²) in [6, 6.07) is 5.89. The van der Waals surface area contributed by atoms with Gasteiger partial charge in [0.05, 0.1) is 13.5 Å². The zero-order chi connectivity index (χ0) is 12.7. The zero-order valence-electron chi connectivity index (χ0n) is 10.1. The first kappa shape index (κ1) is 11.0. The minimum Gasteiger partial charge on any atom is -0.497 e. The van der Waals surface area contributed by atoms with Gasteiger partial charge in [0.25, 0.3) is 5.91 Å². The van der Waals surface area contributed by atoms with Crippen molar-refractivity contribution in [1.29, 1.82) is 0 Å². The molecule has 0 radical (unpaired) electrons. The maximum Gasteiger partial charge on any atom is 0.254 e. The van der Waals surface area contributed by atoms with Gasteiger partial charge in [-0.2, -0.15) is 0 Å². The van der Waals surface area contributed by atoms with Crippen LogP contribution in [-0.4, -0.2) is 18.9 Å². The van der Waals surface area contributed by atoms with Crippen molar-refractivity contribution in [2.45, 2.75) is 19.3 Å². The summed E-state index contributed by atoms with van der Waals surface area (Å²) >= 11 is 0. The predicted octanol–water partition coefficient (Wildman–Crippen LogP) is 1.44. The summed E-state index contributed by atoms with van der Waals surface area (Å²) in [6.45, 7) is 0. The van der Waals surface area contributed by atoms with Gasteiger partial charge in [-0.3, -0.25) is 14.9 Å². The highest BCUT2D eigenvalue weighted by atomic mass is 16.5. The highest BCUT2D eigenvalue weighted by Crippen LogP contribution is 2.38.